The number of hydrogen-bond donors (Lipinski definition) is 1. The number of nitrogens with zero attached hydrogens (tertiary/aromatic N) is 1. The van der Waals surface area contributed by atoms with Crippen molar-refractivity contribution in [1.29, 1.82) is 0 Å². The number of aryl methyl sites for hydroxylation is 1. The quantitative estimate of drug-likeness (QED) is 0.702. The molecule has 13 heavy (non-hydrogen) atoms. The molecule has 0 radical (unpaired) electrons. The van der Waals surface area contributed by atoms with Crippen LogP contribution in [0.1, 0.15) is 24.3 Å². The van der Waals surface area contributed by atoms with Crippen molar-refractivity contribution in [2.75, 3.05) is 13.2 Å². The first-order valence-electron chi connectivity index (χ1n) is 4.51. The lowest BCUT2D eigenvalue weighted by Crippen LogP contribution is -2.44. The summed E-state index contributed by atoms with van der Waals surface area (Å²) in [6, 6.07) is 1.88. The minimum absolute atomic E-state index is 0.459. The molecule has 0 amide bonds. The fourth-order valence-electron chi connectivity index (χ4n) is 1.61. The van der Waals surface area contributed by atoms with Gasteiger partial charge in [-0.3, -0.25) is 0 Å². The summed E-state index contributed by atoms with van der Waals surface area (Å²) in [4.78, 5) is 0. The summed E-state index contributed by atoms with van der Waals surface area (Å²) >= 11 is 0. The second-order valence-electron chi connectivity index (χ2n) is 3.64. The lowest BCUT2D eigenvalue weighted by Gasteiger charge is -2.30. The number of rotatable bonds is 1. The molecular weight excluding hydrogens is 168 g/mol. The molecule has 2 heterocycles. The summed E-state index contributed by atoms with van der Waals surface area (Å²) in [5.74, 6) is 0.740. The Labute approximate surface area is 77.0 Å². The fraction of sp³-hybridized carbons (Fsp3) is 0.667. The van der Waals surface area contributed by atoms with Gasteiger partial charge < -0.3 is 15.0 Å². The van der Waals surface area contributed by atoms with Crippen molar-refractivity contribution in [2.45, 2.75) is 25.3 Å². The molecule has 1 atom stereocenters. The van der Waals surface area contributed by atoms with Crippen molar-refractivity contribution in [3.05, 3.63) is 17.5 Å². The molecule has 2 rings (SSSR count). The average molecular weight is 182 g/mol. The maximum absolute atomic E-state index is 6.13. The Kier molecular flexibility index (Phi) is 2.09. The van der Waals surface area contributed by atoms with Crippen LogP contribution in [0.3, 0.4) is 0 Å². The van der Waals surface area contributed by atoms with Crippen molar-refractivity contribution in [1.82, 2.24) is 5.16 Å². The first-order valence-corrected chi connectivity index (χ1v) is 4.51. The molecule has 0 spiro atoms. The lowest BCUT2D eigenvalue weighted by atomic mass is 9.91. The van der Waals surface area contributed by atoms with Gasteiger partial charge in [0.25, 0.3) is 0 Å². The maximum atomic E-state index is 6.13. The molecule has 0 aliphatic carbocycles. The van der Waals surface area contributed by atoms with E-state index in [-0.39, 0.29) is 0 Å². The Bertz CT molecular complexity index is 290. The van der Waals surface area contributed by atoms with Gasteiger partial charge in [0.1, 0.15) is 5.54 Å². The van der Waals surface area contributed by atoms with Gasteiger partial charge in [-0.2, -0.15) is 0 Å². The van der Waals surface area contributed by atoms with E-state index in [1.807, 2.05) is 13.0 Å². The topological polar surface area (TPSA) is 61.3 Å². The molecule has 1 aromatic heterocycles. The first-order chi connectivity index (χ1) is 6.21. The van der Waals surface area contributed by atoms with Crippen LogP contribution in [0.2, 0.25) is 0 Å². The predicted octanol–water partition coefficient (Wildman–Crippen LogP) is 0.947. The van der Waals surface area contributed by atoms with Crippen LogP contribution in [0, 0.1) is 6.92 Å². The van der Waals surface area contributed by atoms with Gasteiger partial charge in [0, 0.05) is 12.7 Å². The summed E-state index contributed by atoms with van der Waals surface area (Å²) in [5, 5.41) is 3.83. The van der Waals surface area contributed by atoms with Gasteiger partial charge in [-0.15, -0.1) is 0 Å². The number of hydrogen-bond acceptors (Lipinski definition) is 4. The zero-order chi connectivity index (χ0) is 9.31. The van der Waals surface area contributed by atoms with Crippen LogP contribution < -0.4 is 5.73 Å². The third-order valence-corrected chi connectivity index (χ3v) is 2.39. The molecule has 1 fully saturated rings. The highest BCUT2D eigenvalue weighted by Crippen LogP contribution is 2.27. The first kappa shape index (κ1) is 8.72. The summed E-state index contributed by atoms with van der Waals surface area (Å²) in [7, 11) is 0. The molecule has 2 N–H and O–H groups in total. The van der Waals surface area contributed by atoms with Gasteiger partial charge in [-0.25, -0.2) is 0 Å². The highest BCUT2D eigenvalue weighted by Gasteiger charge is 2.34. The second kappa shape index (κ2) is 3.12. The van der Waals surface area contributed by atoms with Crippen LogP contribution in [0.5, 0.6) is 0 Å². The van der Waals surface area contributed by atoms with Crippen LogP contribution in [0.15, 0.2) is 10.6 Å². The normalized spacial score (nSPS) is 29.1. The highest BCUT2D eigenvalue weighted by atomic mass is 16.5. The number of aromatic nitrogens is 1. The standard InChI is InChI=1S/C9H14N2O2/c1-7-5-8(13-11-7)9(10)3-2-4-12-6-9/h5H,2-4,6,10H2,1H3/t9-/m0/s1. The summed E-state index contributed by atoms with van der Waals surface area (Å²) in [5.41, 5.74) is 6.54. The molecule has 1 aliphatic rings. The zero-order valence-corrected chi connectivity index (χ0v) is 7.75. The fourth-order valence-corrected chi connectivity index (χ4v) is 1.61. The van der Waals surface area contributed by atoms with Crippen molar-refractivity contribution < 1.29 is 9.26 Å². The van der Waals surface area contributed by atoms with Crippen LogP contribution in [-0.4, -0.2) is 18.4 Å². The molecule has 0 aromatic carbocycles. The van der Waals surface area contributed by atoms with E-state index < -0.39 is 5.54 Å². The molecule has 4 nitrogen and oxygen atoms in total. The van der Waals surface area contributed by atoms with Crippen LogP contribution in [0.25, 0.3) is 0 Å². The van der Waals surface area contributed by atoms with E-state index in [1.165, 1.54) is 0 Å². The largest absolute Gasteiger partial charge is 0.379 e. The van der Waals surface area contributed by atoms with Gasteiger partial charge in [0.2, 0.25) is 0 Å². The van der Waals surface area contributed by atoms with E-state index in [0.717, 1.165) is 30.9 Å². The lowest BCUT2D eigenvalue weighted by molar-refractivity contribution is 0.0249. The Balaban J connectivity index is 2.22. The molecule has 72 valence electrons. The van der Waals surface area contributed by atoms with Gasteiger partial charge in [0.15, 0.2) is 5.76 Å². The molecule has 0 bridgehead atoms. The van der Waals surface area contributed by atoms with E-state index in [2.05, 4.69) is 5.16 Å². The smallest absolute Gasteiger partial charge is 0.159 e. The van der Waals surface area contributed by atoms with Crippen LogP contribution in [-0.2, 0) is 10.3 Å². The Morgan fingerprint density at radius 2 is 2.46 bits per heavy atom. The maximum Gasteiger partial charge on any atom is 0.159 e. The molecule has 0 saturated carbocycles. The van der Waals surface area contributed by atoms with Crippen molar-refractivity contribution in [3.63, 3.8) is 0 Å². The zero-order valence-electron chi connectivity index (χ0n) is 7.75. The van der Waals surface area contributed by atoms with Crippen molar-refractivity contribution >= 4 is 0 Å². The van der Waals surface area contributed by atoms with E-state index in [1.54, 1.807) is 0 Å². The van der Waals surface area contributed by atoms with Crippen LogP contribution >= 0.6 is 0 Å². The number of nitrogens with two attached hydrogens (primary N) is 1. The summed E-state index contributed by atoms with van der Waals surface area (Å²) in [6.45, 7) is 3.22. The predicted molar refractivity (Wildman–Crippen MR) is 47.2 cm³/mol. The van der Waals surface area contributed by atoms with Crippen LogP contribution in [0.4, 0.5) is 0 Å². The van der Waals surface area contributed by atoms with E-state index in [9.17, 15) is 0 Å². The highest BCUT2D eigenvalue weighted by molar-refractivity contribution is 5.14. The number of ether oxygens (including phenoxy) is 1. The molecule has 1 aliphatic heterocycles. The van der Waals surface area contributed by atoms with Gasteiger partial charge in [-0.05, 0) is 19.8 Å². The molecule has 1 aromatic rings. The van der Waals surface area contributed by atoms with Gasteiger partial charge in [0.05, 0.1) is 12.3 Å². The van der Waals surface area contributed by atoms with E-state index >= 15 is 0 Å². The Morgan fingerprint density at radius 3 is 3.00 bits per heavy atom. The average Bonchev–Trinajstić information content (AvgIpc) is 2.54. The third kappa shape index (κ3) is 1.59. The van der Waals surface area contributed by atoms with E-state index in [4.69, 9.17) is 15.0 Å². The molecular formula is C9H14N2O2. The monoisotopic (exact) mass is 182 g/mol. The molecule has 4 heteroatoms. The SMILES string of the molecule is Cc1cc([C@]2(N)CCCOC2)on1. The van der Waals surface area contributed by atoms with Gasteiger partial charge >= 0.3 is 0 Å². The van der Waals surface area contributed by atoms with Crippen molar-refractivity contribution in [2.24, 2.45) is 5.73 Å². The Hall–Kier alpha value is -0.870. The second-order valence-corrected chi connectivity index (χ2v) is 3.64. The molecule has 0 unspecified atom stereocenters. The summed E-state index contributed by atoms with van der Waals surface area (Å²) < 4.78 is 10.5. The van der Waals surface area contributed by atoms with Gasteiger partial charge in [-0.1, -0.05) is 5.16 Å². The van der Waals surface area contributed by atoms with E-state index in [0.29, 0.717) is 6.61 Å². The minimum atomic E-state index is -0.459. The Morgan fingerprint density at radius 1 is 1.62 bits per heavy atom. The minimum Gasteiger partial charge on any atom is -0.379 e. The third-order valence-electron chi connectivity index (χ3n) is 2.39. The summed E-state index contributed by atoms with van der Waals surface area (Å²) in [6.07, 6.45) is 1.89. The van der Waals surface area contributed by atoms with Crippen molar-refractivity contribution in [3.8, 4) is 0 Å². The molecule has 1 saturated heterocycles.